The van der Waals surface area contributed by atoms with E-state index < -0.39 is 0 Å². The molecular weight excluding hydrogens is 264 g/mol. The molecule has 0 aromatic heterocycles. The maximum absolute atomic E-state index is 12.5. The van der Waals surface area contributed by atoms with Crippen LogP contribution in [-0.2, 0) is 10.2 Å². The van der Waals surface area contributed by atoms with Crippen LogP contribution >= 0.6 is 0 Å². The van der Waals surface area contributed by atoms with Gasteiger partial charge in [0.05, 0.1) is 0 Å². The SMILES string of the molecule is CC1CCC(C(C)(C)c2ccc3c(c2)OCCO3)C(=O)C1. The van der Waals surface area contributed by atoms with Gasteiger partial charge in [-0.05, 0) is 41.9 Å². The Morgan fingerprint density at radius 2 is 1.81 bits per heavy atom. The lowest BCUT2D eigenvalue weighted by Gasteiger charge is -2.38. The molecule has 0 N–H and O–H groups in total. The maximum Gasteiger partial charge on any atom is 0.161 e. The van der Waals surface area contributed by atoms with Gasteiger partial charge in [0.2, 0.25) is 0 Å². The molecule has 1 aromatic carbocycles. The zero-order chi connectivity index (χ0) is 15.0. The molecule has 21 heavy (non-hydrogen) atoms. The molecule has 3 nitrogen and oxygen atoms in total. The summed E-state index contributed by atoms with van der Waals surface area (Å²) in [6.45, 7) is 7.73. The standard InChI is InChI=1S/C18H24O3/c1-12-4-6-14(15(19)10-12)18(2,3)13-5-7-16-17(11-13)21-9-8-20-16/h5,7,11-12,14H,4,6,8-10H2,1-3H3. The Morgan fingerprint density at radius 1 is 1.10 bits per heavy atom. The van der Waals surface area contributed by atoms with Crippen LogP contribution in [0.2, 0.25) is 0 Å². The first-order valence-corrected chi connectivity index (χ1v) is 7.91. The molecule has 1 fully saturated rings. The lowest BCUT2D eigenvalue weighted by molar-refractivity contribution is -0.128. The highest BCUT2D eigenvalue weighted by Gasteiger charge is 2.39. The van der Waals surface area contributed by atoms with Crippen LogP contribution in [0.15, 0.2) is 18.2 Å². The molecule has 114 valence electrons. The van der Waals surface area contributed by atoms with Gasteiger partial charge in [-0.25, -0.2) is 0 Å². The van der Waals surface area contributed by atoms with Gasteiger partial charge in [0, 0.05) is 12.3 Å². The fourth-order valence-electron chi connectivity index (χ4n) is 3.61. The van der Waals surface area contributed by atoms with E-state index in [0.717, 1.165) is 30.8 Å². The summed E-state index contributed by atoms with van der Waals surface area (Å²) >= 11 is 0. The Morgan fingerprint density at radius 3 is 2.52 bits per heavy atom. The summed E-state index contributed by atoms with van der Waals surface area (Å²) in [5, 5.41) is 0. The van der Waals surface area contributed by atoms with E-state index in [9.17, 15) is 4.79 Å². The van der Waals surface area contributed by atoms with Crippen LogP contribution < -0.4 is 9.47 Å². The molecule has 2 atom stereocenters. The monoisotopic (exact) mass is 288 g/mol. The van der Waals surface area contributed by atoms with Gasteiger partial charge in [-0.15, -0.1) is 0 Å². The van der Waals surface area contributed by atoms with Gasteiger partial charge in [-0.2, -0.15) is 0 Å². The van der Waals surface area contributed by atoms with E-state index in [1.165, 1.54) is 5.56 Å². The minimum absolute atomic E-state index is 0.108. The minimum atomic E-state index is -0.160. The van der Waals surface area contributed by atoms with Crippen LogP contribution in [0.1, 0.15) is 45.6 Å². The first-order chi connectivity index (χ1) is 9.98. The van der Waals surface area contributed by atoms with Gasteiger partial charge in [-0.3, -0.25) is 4.79 Å². The second-order valence-electron chi connectivity index (χ2n) is 6.99. The molecule has 3 heteroatoms. The van der Waals surface area contributed by atoms with E-state index in [1.54, 1.807) is 0 Å². The molecule has 1 heterocycles. The van der Waals surface area contributed by atoms with E-state index >= 15 is 0 Å². The number of fused-ring (bicyclic) bond motifs is 1. The van der Waals surface area contributed by atoms with E-state index in [2.05, 4.69) is 32.9 Å². The van der Waals surface area contributed by atoms with Crippen molar-refractivity contribution in [2.45, 2.75) is 45.4 Å². The van der Waals surface area contributed by atoms with Crippen LogP contribution in [0.3, 0.4) is 0 Å². The van der Waals surface area contributed by atoms with Crippen molar-refractivity contribution in [3.63, 3.8) is 0 Å². The van der Waals surface area contributed by atoms with Crippen molar-refractivity contribution < 1.29 is 14.3 Å². The van der Waals surface area contributed by atoms with Crippen LogP contribution in [0.5, 0.6) is 11.5 Å². The van der Waals surface area contributed by atoms with E-state index in [4.69, 9.17) is 9.47 Å². The van der Waals surface area contributed by atoms with E-state index in [-0.39, 0.29) is 11.3 Å². The summed E-state index contributed by atoms with van der Waals surface area (Å²) in [6.07, 6.45) is 2.85. The molecule has 1 aromatic rings. The van der Waals surface area contributed by atoms with Crippen molar-refractivity contribution in [1.29, 1.82) is 0 Å². The molecule has 0 saturated heterocycles. The molecule has 0 radical (unpaired) electrons. The summed E-state index contributed by atoms with van der Waals surface area (Å²) in [5.74, 6) is 2.67. The summed E-state index contributed by atoms with van der Waals surface area (Å²) in [6, 6.07) is 6.11. The molecule has 1 aliphatic heterocycles. The van der Waals surface area contributed by atoms with Crippen LogP contribution in [0.25, 0.3) is 0 Å². The van der Waals surface area contributed by atoms with Crippen molar-refractivity contribution in [2.24, 2.45) is 11.8 Å². The molecule has 2 aliphatic rings. The number of Topliss-reactive ketones (excluding diaryl/α,β-unsaturated/α-hetero) is 1. The Kier molecular flexibility index (Phi) is 3.68. The van der Waals surface area contributed by atoms with Crippen molar-refractivity contribution in [3.8, 4) is 11.5 Å². The predicted molar refractivity (Wildman–Crippen MR) is 82.0 cm³/mol. The van der Waals surface area contributed by atoms with Crippen LogP contribution in [0, 0.1) is 11.8 Å². The molecule has 0 spiro atoms. The number of carbonyl (C=O) groups is 1. The number of rotatable bonds is 2. The molecule has 3 rings (SSSR count). The average molecular weight is 288 g/mol. The van der Waals surface area contributed by atoms with Crippen molar-refractivity contribution in [1.82, 2.24) is 0 Å². The fraction of sp³-hybridized carbons (Fsp3) is 0.611. The minimum Gasteiger partial charge on any atom is -0.486 e. The highest BCUT2D eigenvalue weighted by Crippen LogP contribution is 2.43. The Hall–Kier alpha value is -1.51. The fourth-order valence-corrected chi connectivity index (χ4v) is 3.61. The Balaban J connectivity index is 1.89. The third-order valence-electron chi connectivity index (χ3n) is 5.04. The molecule has 0 bridgehead atoms. The predicted octanol–water partition coefficient (Wildman–Crippen LogP) is 3.74. The molecule has 1 aliphatic carbocycles. The number of benzene rings is 1. The highest BCUT2D eigenvalue weighted by atomic mass is 16.6. The Labute approximate surface area is 126 Å². The maximum atomic E-state index is 12.5. The lowest BCUT2D eigenvalue weighted by Crippen LogP contribution is -2.38. The number of hydrogen-bond acceptors (Lipinski definition) is 3. The molecule has 0 amide bonds. The van der Waals surface area contributed by atoms with Crippen LogP contribution in [0.4, 0.5) is 0 Å². The van der Waals surface area contributed by atoms with Gasteiger partial charge in [-0.1, -0.05) is 26.8 Å². The number of hydrogen-bond donors (Lipinski definition) is 0. The zero-order valence-corrected chi connectivity index (χ0v) is 13.1. The second kappa shape index (κ2) is 5.36. The summed E-state index contributed by atoms with van der Waals surface area (Å²) in [7, 11) is 0. The van der Waals surface area contributed by atoms with E-state index in [1.807, 2.05) is 6.07 Å². The molecule has 2 unspecified atom stereocenters. The van der Waals surface area contributed by atoms with Gasteiger partial charge in [0.1, 0.15) is 19.0 Å². The largest absolute Gasteiger partial charge is 0.486 e. The number of ketones is 1. The first kappa shape index (κ1) is 14.4. The van der Waals surface area contributed by atoms with Crippen molar-refractivity contribution in [3.05, 3.63) is 23.8 Å². The third kappa shape index (κ3) is 2.66. The summed E-state index contributed by atoms with van der Waals surface area (Å²) in [4.78, 5) is 12.5. The summed E-state index contributed by atoms with van der Waals surface area (Å²) in [5.41, 5.74) is 1.01. The van der Waals surface area contributed by atoms with Gasteiger partial charge in [0.15, 0.2) is 11.5 Å². The average Bonchev–Trinajstić information content (AvgIpc) is 2.46. The second-order valence-corrected chi connectivity index (χ2v) is 6.99. The quantitative estimate of drug-likeness (QED) is 0.831. The van der Waals surface area contributed by atoms with Gasteiger partial charge in [0.25, 0.3) is 0 Å². The molecule has 1 saturated carbocycles. The van der Waals surface area contributed by atoms with Gasteiger partial charge < -0.3 is 9.47 Å². The molecular formula is C18H24O3. The smallest absolute Gasteiger partial charge is 0.161 e. The van der Waals surface area contributed by atoms with Crippen molar-refractivity contribution in [2.75, 3.05) is 13.2 Å². The number of ether oxygens (including phenoxy) is 2. The third-order valence-corrected chi connectivity index (χ3v) is 5.04. The number of carbonyl (C=O) groups excluding carboxylic acids is 1. The highest BCUT2D eigenvalue weighted by molar-refractivity contribution is 5.83. The Bertz CT molecular complexity index is 547. The van der Waals surface area contributed by atoms with E-state index in [0.29, 0.717) is 24.9 Å². The zero-order valence-electron chi connectivity index (χ0n) is 13.1. The topological polar surface area (TPSA) is 35.5 Å². The first-order valence-electron chi connectivity index (χ1n) is 7.91. The van der Waals surface area contributed by atoms with Gasteiger partial charge >= 0.3 is 0 Å². The van der Waals surface area contributed by atoms with Crippen LogP contribution in [-0.4, -0.2) is 19.0 Å². The summed E-state index contributed by atoms with van der Waals surface area (Å²) < 4.78 is 11.3. The lowest BCUT2D eigenvalue weighted by atomic mass is 9.65. The normalized spacial score (nSPS) is 25.8. The van der Waals surface area contributed by atoms with Crippen molar-refractivity contribution >= 4 is 5.78 Å².